The summed E-state index contributed by atoms with van der Waals surface area (Å²) in [6.07, 6.45) is 0. The third kappa shape index (κ3) is 4.96. The molecule has 0 aliphatic heterocycles. The molecule has 0 aromatic heterocycles. The van der Waals surface area contributed by atoms with Gasteiger partial charge in [0.05, 0.1) is 0 Å². The van der Waals surface area contributed by atoms with Crippen LogP contribution in [0, 0.1) is 5.92 Å². The highest BCUT2D eigenvalue weighted by Crippen LogP contribution is 2.17. The van der Waals surface area contributed by atoms with Gasteiger partial charge in [-0.05, 0) is 44.0 Å². The molecule has 108 valence electrons. The SMILES string of the molecule is CNCC(C)c1ccc(CN(C)C(C)C(C)C)cc1. The number of hydrogen-bond donors (Lipinski definition) is 1. The van der Waals surface area contributed by atoms with Crippen molar-refractivity contribution >= 4 is 0 Å². The van der Waals surface area contributed by atoms with Gasteiger partial charge in [-0.3, -0.25) is 4.90 Å². The molecule has 2 nitrogen and oxygen atoms in total. The van der Waals surface area contributed by atoms with E-state index in [-0.39, 0.29) is 0 Å². The lowest BCUT2D eigenvalue weighted by molar-refractivity contribution is 0.200. The molecule has 0 saturated heterocycles. The van der Waals surface area contributed by atoms with Crippen LogP contribution >= 0.6 is 0 Å². The first kappa shape index (κ1) is 16.2. The van der Waals surface area contributed by atoms with E-state index < -0.39 is 0 Å². The summed E-state index contributed by atoms with van der Waals surface area (Å²) in [6.45, 7) is 11.2. The van der Waals surface area contributed by atoms with E-state index >= 15 is 0 Å². The van der Waals surface area contributed by atoms with Crippen molar-refractivity contribution < 1.29 is 0 Å². The number of likely N-dealkylation sites (N-methyl/N-ethyl adjacent to an activating group) is 1. The van der Waals surface area contributed by atoms with E-state index in [1.807, 2.05) is 7.05 Å². The maximum absolute atomic E-state index is 3.23. The van der Waals surface area contributed by atoms with Gasteiger partial charge in [-0.25, -0.2) is 0 Å². The van der Waals surface area contributed by atoms with Gasteiger partial charge in [-0.1, -0.05) is 45.0 Å². The van der Waals surface area contributed by atoms with Crippen LogP contribution < -0.4 is 5.32 Å². The van der Waals surface area contributed by atoms with Gasteiger partial charge in [-0.15, -0.1) is 0 Å². The Morgan fingerprint density at radius 1 is 1.05 bits per heavy atom. The monoisotopic (exact) mass is 262 g/mol. The zero-order valence-electron chi connectivity index (χ0n) is 13.4. The number of benzene rings is 1. The van der Waals surface area contributed by atoms with Crippen molar-refractivity contribution in [2.45, 2.75) is 46.2 Å². The average Bonchev–Trinajstić information content (AvgIpc) is 2.38. The molecule has 1 N–H and O–H groups in total. The van der Waals surface area contributed by atoms with E-state index in [0.29, 0.717) is 17.9 Å². The Labute approximate surface area is 119 Å². The van der Waals surface area contributed by atoms with Crippen molar-refractivity contribution in [2.75, 3.05) is 20.6 Å². The fraction of sp³-hybridized carbons (Fsp3) is 0.647. The molecule has 0 amide bonds. The molecule has 0 aliphatic carbocycles. The standard InChI is InChI=1S/C17H30N2/c1-13(2)15(4)19(6)12-16-7-9-17(10-8-16)14(3)11-18-5/h7-10,13-15,18H,11-12H2,1-6H3. The Balaban J connectivity index is 2.61. The first-order valence-corrected chi connectivity index (χ1v) is 7.39. The molecular formula is C17H30N2. The Kier molecular flexibility index (Phi) is 6.53. The number of nitrogens with one attached hydrogen (secondary N) is 1. The van der Waals surface area contributed by atoms with Gasteiger partial charge < -0.3 is 5.32 Å². The summed E-state index contributed by atoms with van der Waals surface area (Å²) in [5.74, 6) is 1.27. The lowest BCUT2D eigenvalue weighted by atomic mass is 9.99. The van der Waals surface area contributed by atoms with E-state index in [1.165, 1.54) is 11.1 Å². The summed E-state index contributed by atoms with van der Waals surface area (Å²) in [4.78, 5) is 2.43. The predicted molar refractivity (Wildman–Crippen MR) is 84.6 cm³/mol. The van der Waals surface area contributed by atoms with Crippen molar-refractivity contribution in [3.05, 3.63) is 35.4 Å². The molecule has 0 radical (unpaired) electrons. The zero-order valence-corrected chi connectivity index (χ0v) is 13.4. The molecule has 0 heterocycles. The Hall–Kier alpha value is -0.860. The molecular weight excluding hydrogens is 232 g/mol. The van der Waals surface area contributed by atoms with Crippen molar-refractivity contribution in [3.63, 3.8) is 0 Å². The minimum absolute atomic E-state index is 0.575. The van der Waals surface area contributed by atoms with Crippen LogP contribution in [0.2, 0.25) is 0 Å². The zero-order chi connectivity index (χ0) is 14.4. The molecule has 1 aromatic carbocycles. The molecule has 0 saturated carbocycles. The third-order valence-electron chi connectivity index (χ3n) is 4.15. The molecule has 1 rings (SSSR count). The van der Waals surface area contributed by atoms with Gasteiger partial charge in [0, 0.05) is 19.1 Å². The molecule has 0 aliphatic rings. The van der Waals surface area contributed by atoms with E-state index in [9.17, 15) is 0 Å². The Bertz CT molecular complexity index is 356. The lowest BCUT2D eigenvalue weighted by Gasteiger charge is -2.28. The smallest absolute Gasteiger partial charge is 0.0233 e. The van der Waals surface area contributed by atoms with E-state index in [4.69, 9.17) is 0 Å². The quantitative estimate of drug-likeness (QED) is 0.809. The Morgan fingerprint density at radius 3 is 2.11 bits per heavy atom. The maximum atomic E-state index is 3.23. The molecule has 0 fully saturated rings. The molecule has 0 spiro atoms. The van der Waals surface area contributed by atoms with Gasteiger partial charge in [-0.2, -0.15) is 0 Å². The normalized spacial score (nSPS) is 14.9. The summed E-state index contributed by atoms with van der Waals surface area (Å²) < 4.78 is 0. The van der Waals surface area contributed by atoms with E-state index in [2.05, 4.69) is 69.2 Å². The fourth-order valence-corrected chi connectivity index (χ4v) is 2.32. The fourth-order valence-electron chi connectivity index (χ4n) is 2.32. The summed E-state index contributed by atoms with van der Waals surface area (Å²) in [5, 5.41) is 3.23. The minimum Gasteiger partial charge on any atom is -0.319 e. The van der Waals surface area contributed by atoms with Crippen LogP contribution in [-0.4, -0.2) is 31.6 Å². The van der Waals surface area contributed by atoms with Gasteiger partial charge in [0.1, 0.15) is 0 Å². The van der Waals surface area contributed by atoms with Crippen LogP contribution in [-0.2, 0) is 6.54 Å². The van der Waals surface area contributed by atoms with Crippen LogP contribution in [0.1, 0.15) is 44.7 Å². The van der Waals surface area contributed by atoms with Crippen molar-refractivity contribution in [2.24, 2.45) is 5.92 Å². The first-order chi connectivity index (χ1) is 8.95. The third-order valence-corrected chi connectivity index (χ3v) is 4.15. The van der Waals surface area contributed by atoms with Crippen molar-refractivity contribution in [1.82, 2.24) is 10.2 Å². The maximum Gasteiger partial charge on any atom is 0.0233 e. The molecule has 0 bridgehead atoms. The highest BCUT2D eigenvalue weighted by atomic mass is 15.1. The summed E-state index contributed by atoms with van der Waals surface area (Å²) in [7, 11) is 4.22. The molecule has 2 atom stereocenters. The van der Waals surface area contributed by atoms with Gasteiger partial charge >= 0.3 is 0 Å². The van der Waals surface area contributed by atoms with Gasteiger partial charge in [0.25, 0.3) is 0 Å². The second kappa shape index (κ2) is 7.66. The number of hydrogen-bond acceptors (Lipinski definition) is 2. The summed E-state index contributed by atoms with van der Waals surface area (Å²) in [6, 6.07) is 9.69. The van der Waals surface area contributed by atoms with E-state index in [0.717, 1.165) is 13.1 Å². The van der Waals surface area contributed by atoms with Crippen LogP contribution in [0.3, 0.4) is 0 Å². The highest BCUT2D eigenvalue weighted by Gasteiger charge is 2.13. The summed E-state index contributed by atoms with van der Waals surface area (Å²) in [5.41, 5.74) is 2.81. The second-order valence-electron chi connectivity index (χ2n) is 6.10. The van der Waals surface area contributed by atoms with Crippen LogP contribution in [0.4, 0.5) is 0 Å². The molecule has 1 aromatic rings. The largest absolute Gasteiger partial charge is 0.319 e. The minimum atomic E-state index is 0.575. The van der Waals surface area contributed by atoms with Crippen molar-refractivity contribution in [1.29, 1.82) is 0 Å². The molecule has 19 heavy (non-hydrogen) atoms. The highest BCUT2D eigenvalue weighted by molar-refractivity contribution is 5.25. The average molecular weight is 262 g/mol. The number of rotatable bonds is 7. The van der Waals surface area contributed by atoms with Crippen LogP contribution in [0.15, 0.2) is 24.3 Å². The van der Waals surface area contributed by atoms with Crippen molar-refractivity contribution in [3.8, 4) is 0 Å². The second-order valence-corrected chi connectivity index (χ2v) is 6.10. The Morgan fingerprint density at radius 2 is 1.63 bits per heavy atom. The number of nitrogens with zero attached hydrogens (tertiary/aromatic N) is 1. The predicted octanol–water partition coefficient (Wildman–Crippen LogP) is 3.49. The molecule has 2 heteroatoms. The van der Waals surface area contributed by atoms with Crippen LogP contribution in [0.25, 0.3) is 0 Å². The summed E-state index contributed by atoms with van der Waals surface area (Å²) >= 11 is 0. The lowest BCUT2D eigenvalue weighted by Crippen LogP contribution is -2.32. The van der Waals surface area contributed by atoms with E-state index in [1.54, 1.807) is 0 Å². The molecule has 2 unspecified atom stereocenters. The van der Waals surface area contributed by atoms with Gasteiger partial charge in [0.2, 0.25) is 0 Å². The van der Waals surface area contributed by atoms with Gasteiger partial charge in [0.15, 0.2) is 0 Å². The topological polar surface area (TPSA) is 15.3 Å². The first-order valence-electron chi connectivity index (χ1n) is 7.39. The van der Waals surface area contributed by atoms with Crippen LogP contribution in [0.5, 0.6) is 0 Å².